The van der Waals surface area contributed by atoms with Crippen molar-refractivity contribution in [3.8, 4) is 0 Å². The van der Waals surface area contributed by atoms with E-state index in [0.29, 0.717) is 35.8 Å². The summed E-state index contributed by atoms with van der Waals surface area (Å²) in [5, 5.41) is 0.608. The van der Waals surface area contributed by atoms with Crippen molar-refractivity contribution in [1.82, 2.24) is 0 Å². The van der Waals surface area contributed by atoms with Crippen LogP contribution in [0.15, 0.2) is 54.6 Å². The third kappa shape index (κ3) is 23.7. The van der Waals surface area contributed by atoms with Crippen LogP contribution in [0.3, 0.4) is 0 Å². The number of anilines is 2. The summed E-state index contributed by atoms with van der Waals surface area (Å²) < 4.78 is 20.8. The zero-order chi connectivity index (χ0) is 35.4. The molecule has 0 bridgehead atoms. The summed E-state index contributed by atoms with van der Waals surface area (Å²) in [4.78, 5) is 26.4. The Hall–Kier alpha value is -2.61. The number of hydrogen-bond acceptors (Lipinski definition) is 6. The molecule has 46 heavy (non-hydrogen) atoms. The van der Waals surface area contributed by atoms with Gasteiger partial charge in [-0.2, -0.15) is 0 Å². The van der Waals surface area contributed by atoms with Crippen molar-refractivity contribution in [2.75, 3.05) is 38.9 Å². The fraction of sp³-hybridized carbons (Fsp3) is 0.632. The number of carbonyl (C=O) groups is 2. The number of benzene rings is 2. The standard InChI is InChI=1S/C27H34ClNO5.3C3H8.C2H6O/c1-27(2,3)34-25(30)19-32-17-20-9-11-21(12-10-20)18-33-26(31)29(23-7-5-4-6-8-23)24-15-13-22(28)14-16-24;4*1-3-2/h4-8,13-16,20-21H,9-12,17-19H2,1-3H3;3*3H2,1-2H3;1-2H3. The minimum Gasteiger partial charge on any atom is -0.458 e. The third-order valence-electron chi connectivity index (χ3n) is 5.68. The van der Waals surface area contributed by atoms with Crippen LogP contribution in [0, 0.1) is 11.8 Å². The molecule has 1 fully saturated rings. The summed E-state index contributed by atoms with van der Waals surface area (Å²) in [5.74, 6) is 0.384. The van der Waals surface area contributed by atoms with Gasteiger partial charge >= 0.3 is 12.1 Å². The summed E-state index contributed by atoms with van der Waals surface area (Å²) in [6.07, 6.45) is 7.23. The largest absolute Gasteiger partial charge is 0.458 e. The summed E-state index contributed by atoms with van der Waals surface area (Å²) in [6, 6.07) is 16.5. The van der Waals surface area contributed by atoms with Crippen LogP contribution in [0.1, 0.15) is 107 Å². The minimum atomic E-state index is -0.500. The van der Waals surface area contributed by atoms with Crippen molar-refractivity contribution in [2.45, 2.75) is 113 Å². The van der Waals surface area contributed by atoms with Crippen LogP contribution in [-0.4, -0.2) is 51.7 Å². The van der Waals surface area contributed by atoms with E-state index < -0.39 is 11.7 Å². The molecule has 0 saturated heterocycles. The first-order chi connectivity index (χ1) is 21.9. The molecule has 0 N–H and O–H groups in total. The van der Waals surface area contributed by atoms with Crippen molar-refractivity contribution < 1.29 is 28.5 Å². The van der Waals surface area contributed by atoms with Gasteiger partial charge in [0.05, 0.1) is 24.6 Å². The summed E-state index contributed by atoms with van der Waals surface area (Å²) in [6.45, 7) is 19.2. The van der Waals surface area contributed by atoms with E-state index in [9.17, 15) is 9.59 Å². The first-order valence-electron chi connectivity index (χ1n) is 16.8. The van der Waals surface area contributed by atoms with Crippen molar-refractivity contribution >= 4 is 35.0 Å². The highest BCUT2D eigenvalue weighted by Gasteiger charge is 2.25. The Balaban J connectivity index is 0. The lowest BCUT2D eigenvalue weighted by atomic mass is 9.83. The predicted molar refractivity (Wildman–Crippen MR) is 194 cm³/mol. The lowest BCUT2D eigenvalue weighted by Gasteiger charge is -2.29. The van der Waals surface area contributed by atoms with E-state index in [0.717, 1.165) is 31.4 Å². The SMILES string of the molecule is CC(C)(C)OC(=O)COCC1CCC(COC(=O)N(c2ccccc2)c2ccc(Cl)cc2)CC1.CCC.CCC.CCC.COC. The van der Waals surface area contributed by atoms with Crippen molar-refractivity contribution in [3.63, 3.8) is 0 Å². The molecule has 0 spiro atoms. The molecule has 0 aliphatic heterocycles. The highest BCUT2D eigenvalue weighted by atomic mass is 35.5. The normalized spacial score (nSPS) is 15.0. The third-order valence-corrected chi connectivity index (χ3v) is 5.94. The Labute approximate surface area is 286 Å². The van der Waals surface area contributed by atoms with E-state index >= 15 is 0 Å². The minimum absolute atomic E-state index is 0.0190. The maximum absolute atomic E-state index is 13.0. The van der Waals surface area contributed by atoms with Gasteiger partial charge in [0, 0.05) is 19.2 Å². The Bertz CT molecular complexity index is 979. The van der Waals surface area contributed by atoms with Crippen LogP contribution in [0.25, 0.3) is 0 Å². The molecular weight excluding hydrogens is 602 g/mol. The lowest BCUT2D eigenvalue weighted by Crippen LogP contribution is -2.30. The fourth-order valence-corrected chi connectivity index (χ4v) is 4.15. The second-order valence-corrected chi connectivity index (χ2v) is 12.7. The molecule has 0 aromatic heterocycles. The topological polar surface area (TPSA) is 74.3 Å². The molecule has 0 atom stereocenters. The summed E-state index contributed by atoms with van der Waals surface area (Å²) in [5.41, 5.74) is 0.937. The van der Waals surface area contributed by atoms with Gasteiger partial charge in [0.2, 0.25) is 0 Å². The van der Waals surface area contributed by atoms with Gasteiger partial charge in [-0.05, 0) is 94.7 Å². The molecule has 0 radical (unpaired) electrons. The monoisotopic (exact) mass is 665 g/mol. The maximum Gasteiger partial charge on any atom is 0.418 e. The average Bonchev–Trinajstić information content (AvgIpc) is 2.99. The number of ether oxygens (including phenoxy) is 4. The van der Waals surface area contributed by atoms with Gasteiger partial charge in [0.15, 0.2) is 0 Å². The van der Waals surface area contributed by atoms with Crippen LogP contribution in [0.4, 0.5) is 16.2 Å². The molecule has 1 amide bonds. The Morgan fingerprint density at radius 3 is 1.59 bits per heavy atom. The Morgan fingerprint density at radius 2 is 1.15 bits per heavy atom. The van der Waals surface area contributed by atoms with E-state index in [4.69, 9.17) is 25.8 Å². The molecule has 1 aliphatic carbocycles. The molecule has 7 nitrogen and oxygen atoms in total. The smallest absolute Gasteiger partial charge is 0.418 e. The number of methoxy groups -OCH3 is 1. The van der Waals surface area contributed by atoms with Gasteiger partial charge in [-0.25, -0.2) is 14.5 Å². The van der Waals surface area contributed by atoms with E-state index in [2.05, 4.69) is 46.3 Å². The average molecular weight is 666 g/mol. The Kier molecular flexibility index (Phi) is 28.3. The number of amides is 1. The molecule has 1 saturated carbocycles. The van der Waals surface area contributed by atoms with E-state index in [1.807, 2.05) is 51.1 Å². The number of rotatable bonds is 8. The van der Waals surface area contributed by atoms with Crippen LogP contribution < -0.4 is 4.90 Å². The molecule has 0 heterocycles. The quantitative estimate of drug-likeness (QED) is 0.261. The Morgan fingerprint density at radius 1 is 0.739 bits per heavy atom. The summed E-state index contributed by atoms with van der Waals surface area (Å²) in [7, 11) is 3.25. The van der Waals surface area contributed by atoms with Crippen LogP contribution in [0.5, 0.6) is 0 Å². The number of nitrogens with zero attached hydrogens (tertiary/aromatic N) is 1. The zero-order valence-corrected chi connectivity index (χ0v) is 31.5. The van der Waals surface area contributed by atoms with Gasteiger partial charge in [-0.1, -0.05) is 90.6 Å². The van der Waals surface area contributed by atoms with Gasteiger partial charge in [0.1, 0.15) is 12.2 Å². The number of esters is 1. The molecule has 8 heteroatoms. The van der Waals surface area contributed by atoms with Crippen LogP contribution in [0.2, 0.25) is 5.02 Å². The second kappa shape index (κ2) is 28.6. The van der Waals surface area contributed by atoms with Gasteiger partial charge in [-0.3, -0.25) is 0 Å². The highest BCUT2D eigenvalue weighted by molar-refractivity contribution is 6.30. The molecule has 264 valence electrons. The molecule has 3 rings (SSSR count). The summed E-state index contributed by atoms with van der Waals surface area (Å²) >= 11 is 6.02. The fourth-order valence-electron chi connectivity index (χ4n) is 4.03. The second-order valence-electron chi connectivity index (χ2n) is 12.2. The molecule has 1 aliphatic rings. The number of hydrogen-bond donors (Lipinski definition) is 0. The van der Waals surface area contributed by atoms with Crippen molar-refractivity contribution in [3.05, 3.63) is 59.6 Å². The molecule has 2 aromatic carbocycles. The predicted octanol–water partition coefficient (Wildman–Crippen LogP) is 11.3. The molecule has 0 unspecified atom stereocenters. The van der Waals surface area contributed by atoms with Crippen LogP contribution in [-0.2, 0) is 23.7 Å². The van der Waals surface area contributed by atoms with Gasteiger partial charge in [-0.15, -0.1) is 0 Å². The molecular formula is C38H64ClNO6. The van der Waals surface area contributed by atoms with Crippen molar-refractivity contribution in [1.29, 1.82) is 0 Å². The molecule has 2 aromatic rings. The van der Waals surface area contributed by atoms with E-state index in [-0.39, 0.29) is 12.6 Å². The zero-order valence-electron chi connectivity index (χ0n) is 30.7. The maximum atomic E-state index is 13.0. The number of para-hydroxylation sites is 1. The van der Waals surface area contributed by atoms with E-state index in [1.165, 1.54) is 19.3 Å². The lowest BCUT2D eigenvalue weighted by molar-refractivity contribution is -0.160. The van der Waals surface area contributed by atoms with Gasteiger partial charge < -0.3 is 18.9 Å². The van der Waals surface area contributed by atoms with Crippen LogP contribution >= 0.6 is 11.6 Å². The highest BCUT2D eigenvalue weighted by Crippen LogP contribution is 2.31. The number of carbonyl (C=O) groups excluding carboxylic acids is 2. The number of halogens is 1. The first-order valence-corrected chi connectivity index (χ1v) is 17.2. The first kappa shape index (κ1) is 45.5. The van der Waals surface area contributed by atoms with Crippen molar-refractivity contribution in [2.24, 2.45) is 11.8 Å². The van der Waals surface area contributed by atoms with E-state index in [1.54, 1.807) is 43.4 Å². The van der Waals surface area contributed by atoms with Gasteiger partial charge in [0.25, 0.3) is 0 Å².